The second-order valence-corrected chi connectivity index (χ2v) is 5.91. The highest BCUT2D eigenvalue weighted by atomic mass is 35.5. The first-order valence-corrected chi connectivity index (χ1v) is 7.43. The maximum absolute atomic E-state index is 9.70. The Morgan fingerprint density at radius 2 is 2.11 bits per heavy atom. The molecule has 0 bridgehead atoms. The van der Waals surface area contributed by atoms with Gasteiger partial charge in [-0.15, -0.1) is 0 Å². The molecule has 1 fully saturated rings. The van der Waals surface area contributed by atoms with Crippen LogP contribution in [0.4, 0.5) is 0 Å². The lowest BCUT2D eigenvalue weighted by Crippen LogP contribution is -2.37. The van der Waals surface area contributed by atoms with E-state index in [4.69, 9.17) is 11.6 Å². The molecule has 1 aliphatic rings. The van der Waals surface area contributed by atoms with E-state index in [2.05, 4.69) is 17.1 Å². The number of phenols is 1. The number of nitrogens with one attached hydrogen (secondary N) is 1. The van der Waals surface area contributed by atoms with Crippen LogP contribution in [0.1, 0.15) is 25.3 Å². The zero-order valence-electron chi connectivity index (χ0n) is 11.5. The van der Waals surface area contributed by atoms with Gasteiger partial charge in [-0.3, -0.25) is 0 Å². The van der Waals surface area contributed by atoms with Gasteiger partial charge in [0.15, 0.2) is 0 Å². The zero-order valence-corrected chi connectivity index (χ0v) is 12.3. The number of piperidine rings is 1. The third kappa shape index (κ3) is 4.68. The molecule has 0 aliphatic carbocycles. The largest absolute Gasteiger partial charge is 0.508 e. The molecule has 1 heterocycles. The van der Waals surface area contributed by atoms with Crippen molar-refractivity contribution in [2.75, 3.05) is 26.2 Å². The Morgan fingerprint density at radius 3 is 2.84 bits per heavy atom. The maximum atomic E-state index is 9.70. The Morgan fingerprint density at radius 1 is 1.37 bits per heavy atom. The van der Waals surface area contributed by atoms with Gasteiger partial charge in [0.2, 0.25) is 0 Å². The van der Waals surface area contributed by atoms with Crippen molar-refractivity contribution >= 4 is 11.6 Å². The van der Waals surface area contributed by atoms with Crippen molar-refractivity contribution in [1.82, 2.24) is 10.2 Å². The fourth-order valence-electron chi connectivity index (χ4n) is 2.44. The molecule has 19 heavy (non-hydrogen) atoms. The van der Waals surface area contributed by atoms with Crippen LogP contribution in [0.2, 0.25) is 5.02 Å². The van der Waals surface area contributed by atoms with Crippen LogP contribution in [-0.4, -0.2) is 36.2 Å². The van der Waals surface area contributed by atoms with Crippen molar-refractivity contribution in [3.8, 4) is 5.75 Å². The maximum Gasteiger partial charge on any atom is 0.120 e. The van der Waals surface area contributed by atoms with Crippen molar-refractivity contribution in [2.45, 2.75) is 26.3 Å². The Balaban J connectivity index is 1.68. The van der Waals surface area contributed by atoms with Gasteiger partial charge in [-0.2, -0.15) is 0 Å². The molecule has 2 rings (SSSR count). The molecule has 0 spiro atoms. The van der Waals surface area contributed by atoms with Gasteiger partial charge in [0.1, 0.15) is 5.75 Å². The van der Waals surface area contributed by atoms with E-state index in [1.165, 1.54) is 25.9 Å². The first-order valence-electron chi connectivity index (χ1n) is 7.05. The van der Waals surface area contributed by atoms with E-state index in [-0.39, 0.29) is 0 Å². The van der Waals surface area contributed by atoms with Crippen LogP contribution in [0.3, 0.4) is 0 Å². The van der Waals surface area contributed by atoms with Crippen molar-refractivity contribution in [2.24, 2.45) is 5.92 Å². The van der Waals surface area contributed by atoms with Gasteiger partial charge >= 0.3 is 0 Å². The number of nitrogens with zero attached hydrogens (tertiary/aromatic N) is 1. The molecule has 1 aromatic carbocycles. The number of benzene rings is 1. The summed E-state index contributed by atoms with van der Waals surface area (Å²) in [5, 5.41) is 13.7. The van der Waals surface area contributed by atoms with Gasteiger partial charge < -0.3 is 15.3 Å². The van der Waals surface area contributed by atoms with Gasteiger partial charge in [0, 0.05) is 30.2 Å². The third-order valence-electron chi connectivity index (χ3n) is 3.84. The molecule has 1 aliphatic heterocycles. The normalized spacial score (nSPS) is 17.8. The van der Waals surface area contributed by atoms with Crippen molar-refractivity contribution in [1.29, 1.82) is 0 Å². The molecule has 0 radical (unpaired) electrons. The second kappa shape index (κ2) is 7.13. The summed E-state index contributed by atoms with van der Waals surface area (Å²) in [6, 6.07) is 5.16. The molecule has 0 atom stereocenters. The summed E-state index contributed by atoms with van der Waals surface area (Å²) in [6.07, 6.45) is 2.63. The van der Waals surface area contributed by atoms with Gasteiger partial charge in [0.05, 0.1) is 0 Å². The van der Waals surface area contributed by atoms with E-state index < -0.39 is 0 Å². The molecule has 106 valence electrons. The SMILES string of the molecule is CC1CCN(CCNCc2cc(Cl)ccc2O)CC1. The molecule has 4 heteroatoms. The van der Waals surface area contributed by atoms with Gasteiger partial charge in [-0.25, -0.2) is 0 Å². The van der Waals surface area contributed by atoms with E-state index in [0.29, 0.717) is 17.3 Å². The summed E-state index contributed by atoms with van der Waals surface area (Å²) in [4.78, 5) is 2.50. The van der Waals surface area contributed by atoms with Gasteiger partial charge in [-0.05, 0) is 50.0 Å². The average Bonchev–Trinajstić information content (AvgIpc) is 2.40. The lowest BCUT2D eigenvalue weighted by Gasteiger charge is -2.30. The zero-order chi connectivity index (χ0) is 13.7. The number of aromatic hydroxyl groups is 1. The number of hydrogen-bond donors (Lipinski definition) is 2. The molecule has 2 N–H and O–H groups in total. The Kier molecular flexibility index (Phi) is 5.49. The fourth-order valence-corrected chi connectivity index (χ4v) is 2.64. The van der Waals surface area contributed by atoms with E-state index >= 15 is 0 Å². The molecule has 0 amide bonds. The van der Waals surface area contributed by atoms with Crippen LogP contribution in [0.15, 0.2) is 18.2 Å². The van der Waals surface area contributed by atoms with Gasteiger partial charge in [-0.1, -0.05) is 18.5 Å². The summed E-state index contributed by atoms with van der Waals surface area (Å²) < 4.78 is 0. The molecule has 1 saturated heterocycles. The number of phenolic OH excluding ortho intramolecular Hbond substituents is 1. The molecular weight excluding hydrogens is 260 g/mol. The highest BCUT2D eigenvalue weighted by Gasteiger charge is 2.14. The van der Waals surface area contributed by atoms with Crippen molar-refractivity contribution in [3.05, 3.63) is 28.8 Å². The lowest BCUT2D eigenvalue weighted by atomic mass is 9.99. The van der Waals surface area contributed by atoms with Crippen LogP contribution in [0.25, 0.3) is 0 Å². The number of halogens is 1. The highest BCUT2D eigenvalue weighted by Crippen LogP contribution is 2.21. The lowest BCUT2D eigenvalue weighted by molar-refractivity contribution is 0.193. The number of rotatable bonds is 5. The summed E-state index contributed by atoms with van der Waals surface area (Å²) >= 11 is 5.92. The predicted octanol–water partition coefficient (Wildman–Crippen LogP) is 2.87. The summed E-state index contributed by atoms with van der Waals surface area (Å²) in [5.41, 5.74) is 0.861. The standard InChI is InChI=1S/C15H23ClN2O/c1-12-4-7-18(8-5-12)9-6-17-11-13-10-14(16)2-3-15(13)19/h2-3,10,12,17,19H,4-9,11H2,1H3. The smallest absolute Gasteiger partial charge is 0.120 e. The quantitative estimate of drug-likeness (QED) is 0.815. The highest BCUT2D eigenvalue weighted by molar-refractivity contribution is 6.30. The minimum atomic E-state index is 0.309. The molecule has 0 unspecified atom stereocenters. The molecule has 1 aromatic rings. The Bertz CT molecular complexity index is 403. The van der Waals surface area contributed by atoms with E-state index in [0.717, 1.165) is 24.6 Å². The minimum absolute atomic E-state index is 0.309. The van der Waals surface area contributed by atoms with E-state index in [1.807, 2.05) is 6.07 Å². The number of likely N-dealkylation sites (tertiary alicyclic amines) is 1. The second-order valence-electron chi connectivity index (χ2n) is 5.47. The van der Waals surface area contributed by atoms with Crippen LogP contribution in [-0.2, 0) is 6.54 Å². The van der Waals surface area contributed by atoms with Crippen LogP contribution in [0, 0.1) is 5.92 Å². The van der Waals surface area contributed by atoms with Crippen molar-refractivity contribution in [3.63, 3.8) is 0 Å². The number of hydrogen-bond acceptors (Lipinski definition) is 3. The average molecular weight is 283 g/mol. The first-order chi connectivity index (χ1) is 9.15. The van der Waals surface area contributed by atoms with Crippen molar-refractivity contribution < 1.29 is 5.11 Å². The topological polar surface area (TPSA) is 35.5 Å². The summed E-state index contributed by atoms with van der Waals surface area (Å²) in [6.45, 7) is 7.44. The van der Waals surface area contributed by atoms with E-state index in [1.54, 1.807) is 12.1 Å². The summed E-state index contributed by atoms with van der Waals surface area (Å²) in [5.74, 6) is 1.19. The van der Waals surface area contributed by atoms with Gasteiger partial charge in [0.25, 0.3) is 0 Å². The minimum Gasteiger partial charge on any atom is -0.508 e. The monoisotopic (exact) mass is 282 g/mol. The van der Waals surface area contributed by atoms with E-state index in [9.17, 15) is 5.11 Å². The fraction of sp³-hybridized carbons (Fsp3) is 0.600. The Hall–Kier alpha value is -0.770. The first kappa shape index (κ1) is 14.6. The van der Waals surface area contributed by atoms with Crippen LogP contribution >= 0.6 is 11.6 Å². The molecular formula is C15H23ClN2O. The van der Waals surface area contributed by atoms with Crippen LogP contribution < -0.4 is 5.32 Å². The third-order valence-corrected chi connectivity index (χ3v) is 4.07. The van der Waals surface area contributed by atoms with Crippen LogP contribution in [0.5, 0.6) is 5.75 Å². The molecule has 0 saturated carbocycles. The Labute approximate surface area is 120 Å². The predicted molar refractivity (Wildman–Crippen MR) is 79.7 cm³/mol. The molecule has 3 nitrogen and oxygen atoms in total. The summed E-state index contributed by atoms with van der Waals surface area (Å²) in [7, 11) is 0. The molecule has 0 aromatic heterocycles.